The third-order valence-electron chi connectivity index (χ3n) is 5.07. The van der Waals surface area contributed by atoms with Gasteiger partial charge in [-0.1, -0.05) is 82.0 Å². The first kappa shape index (κ1) is 28.2. The van der Waals surface area contributed by atoms with E-state index < -0.39 is 0 Å². The minimum absolute atomic E-state index is 1.13. The molecule has 0 fully saturated rings. The minimum atomic E-state index is 1.13. The molecule has 0 bridgehead atoms. The van der Waals surface area contributed by atoms with Crippen LogP contribution in [0, 0.1) is 0 Å². The Morgan fingerprint density at radius 3 is 1.37 bits per heavy atom. The molecule has 0 atom stereocenters. The Labute approximate surface area is 188 Å². The summed E-state index contributed by atoms with van der Waals surface area (Å²) in [4.78, 5) is 0. The molecule has 0 aromatic carbocycles. The molecule has 0 saturated heterocycles. The maximum absolute atomic E-state index is 2.42. The monoisotopic (exact) mass is 408 g/mol. The number of hydrogen-bond acceptors (Lipinski definition) is 0. The lowest BCUT2D eigenvalue weighted by atomic mass is 10.0. The van der Waals surface area contributed by atoms with Crippen LogP contribution >= 0.6 is 0 Å². The molecular formula is C30H48. The largest absolute Gasteiger partial charge is 0.0856 e. The molecule has 168 valence electrons. The average Bonchev–Trinajstić information content (AvgIpc) is 2.64. The Hall–Kier alpha value is -1.82. The summed E-state index contributed by atoms with van der Waals surface area (Å²) in [5.74, 6) is 0. The lowest BCUT2D eigenvalue weighted by molar-refractivity contribution is 0.902. The molecule has 0 unspecified atom stereocenters. The molecule has 0 aliphatic carbocycles. The zero-order valence-electron chi connectivity index (χ0n) is 21.3. The molecule has 0 aliphatic rings. The molecule has 0 heterocycles. The lowest BCUT2D eigenvalue weighted by Gasteiger charge is -2.02. The van der Waals surface area contributed by atoms with Gasteiger partial charge in [0.1, 0.15) is 0 Å². The number of allylic oxidation sites excluding steroid dienone is 14. The van der Waals surface area contributed by atoms with Crippen LogP contribution in [0.2, 0.25) is 0 Å². The molecule has 0 heteroatoms. The van der Waals surface area contributed by atoms with Crippen molar-refractivity contribution < 1.29 is 0 Å². The van der Waals surface area contributed by atoms with Crippen molar-refractivity contribution in [2.75, 3.05) is 0 Å². The lowest BCUT2D eigenvalue weighted by Crippen LogP contribution is -1.82. The zero-order valence-corrected chi connectivity index (χ0v) is 21.3. The van der Waals surface area contributed by atoms with Crippen LogP contribution in [0.4, 0.5) is 0 Å². The summed E-state index contributed by atoms with van der Waals surface area (Å²) in [5.41, 5.74) is 8.66. The quantitative estimate of drug-likeness (QED) is 0.152. The molecule has 0 nitrogen and oxygen atoms in total. The fourth-order valence-electron chi connectivity index (χ4n) is 3.09. The van der Waals surface area contributed by atoms with Crippen LogP contribution in [0.25, 0.3) is 0 Å². The highest BCUT2D eigenvalue weighted by Gasteiger charge is 1.93. The van der Waals surface area contributed by atoms with Crippen molar-refractivity contribution in [3.63, 3.8) is 0 Å². The average molecular weight is 409 g/mol. The van der Waals surface area contributed by atoms with Gasteiger partial charge < -0.3 is 0 Å². The van der Waals surface area contributed by atoms with Crippen molar-refractivity contribution in [2.24, 2.45) is 0 Å². The SMILES string of the molecule is CC(C)=CC=CC(C)=CCCC(C)=CCCC=C(C)CCC=C(C)CCC=C(C)C. The van der Waals surface area contributed by atoms with E-state index in [1.165, 1.54) is 59.1 Å². The maximum atomic E-state index is 2.42. The van der Waals surface area contributed by atoms with Crippen molar-refractivity contribution in [1.29, 1.82) is 0 Å². The van der Waals surface area contributed by atoms with Gasteiger partial charge in [0, 0.05) is 0 Å². The first-order valence-electron chi connectivity index (χ1n) is 11.8. The van der Waals surface area contributed by atoms with E-state index in [0.29, 0.717) is 0 Å². The van der Waals surface area contributed by atoms with Crippen molar-refractivity contribution in [1.82, 2.24) is 0 Å². The molecule has 0 N–H and O–H groups in total. The third-order valence-corrected chi connectivity index (χ3v) is 5.07. The van der Waals surface area contributed by atoms with Crippen molar-refractivity contribution in [3.05, 3.63) is 82.0 Å². The van der Waals surface area contributed by atoms with Gasteiger partial charge in [-0.3, -0.25) is 0 Å². The first-order chi connectivity index (χ1) is 14.2. The van der Waals surface area contributed by atoms with Crippen molar-refractivity contribution in [2.45, 2.75) is 107 Å². The van der Waals surface area contributed by atoms with Crippen LogP contribution in [0.5, 0.6) is 0 Å². The highest BCUT2D eigenvalue weighted by atomic mass is 14.0. The van der Waals surface area contributed by atoms with E-state index >= 15 is 0 Å². The number of rotatable bonds is 14. The van der Waals surface area contributed by atoms with Crippen LogP contribution in [0.1, 0.15) is 107 Å². The van der Waals surface area contributed by atoms with E-state index in [4.69, 9.17) is 0 Å². The molecule has 0 saturated carbocycles. The standard InChI is InChI=1S/C30H48/c1-25(2)15-11-19-29(7)23-13-21-27(5)17-9-10-18-28(6)22-14-24-30(8)20-12-16-26(3)4/h11,15-19,23-24H,9-10,12-14,20-22H2,1-8H3. The van der Waals surface area contributed by atoms with Crippen LogP contribution in [0.15, 0.2) is 82.0 Å². The minimum Gasteiger partial charge on any atom is -0.0856 e. The van der Waals surface area contributed by atoms with Gasteiger partial charge in [0.2, 0.25) is 0 Å². The van der Waals surface area contributed by atoms with Gasteiger partial charge in [0.25, 0.3) is 0 Å². The van der Waals surface area contributed by atoms with Gasteiger partial charge in [-0.15, -0.1) is 0 Å². The summed E-state index contributed by atoms with van der Waals surface area (Å²) in [5, 5.41) is 0. The molecular weight excluding hydrogens is 360 g/mol. The summed E-state index contributed by atoms with van der Waals surface area (Å²) in [6.07, 6.45) is 27.7. The van der Waals surface area contributed by atoms with E-state index in [1.807, 2.05) is 0 Å². The molecule has 0 rings (SSSR count). The number of unbranched alkanes of at least 4 members (excludes halogenated alkanes) is 1. The van der Waals surface area contributed by atoms with E-state index in [1.54, 1.807) is 0 Å². The van der Waals surface area contributed by atoms with Crippen LogP contribution in [-0.4, -0.2) is 0 Å². The van der Waals surface area contributed by atoms with Gasteiger partial charge >= 0.3 is 0 Å². The van der Waals surface area contributed by atoms with Gasteiger partial charge in [-0.05, 0) is 107 Å². The fourth-order valence-corrected chi connectivity index (χ4v) is 3.09. The smallest absolute Gasteiger partial charge is 0.0288 e. The zero-order chi connectivity index (χ0) is 22.8. The molecule has 0 radical (unpaired) electrons. The predicted octanol–water partition coefficient (Wildman–Crippen LogP) is 10.4. The first-order valence-corrected chi connectivity index (χ1v) is 11.8. The summed E-state index contributed by atoms with van der Waals surface area (Å²) < 4.78 is 0. The molecule has 0 aromatic heterocycles. The van der Waals surface area contributed by atoms with Crippen molar-refractivity contribution >= 4 is 0 Å². The van der Waals surface area contributed by atoms with E-state index in [2.05, 4.69) is 104 Å². The van der Waals surface area contributed by atoms with Crippen molar-refractivity contribution in [3.8, 4) is 0 Å². The fraction of sp³-hybridized carbons (Fsp3) is 0.533. The predicted molar refractivity (Wildman–Crippen MR) is 140 cm³/mol. The topological polar surface area (TPSA) is 0 Å². The normalized spacial score (nSPS) is 13.7. The van der Waals surface area contributed by atoms with Gasteiger partial charge in [0.15, 0.2) is 0 Å². The Morgan fingerprint density at radius 1 is 0.467 bits per heavy atom. The summed E-state index contributed by atoms with van der Waals surface area (Å²) in [6.45, 7) is 17.6. The van der Waals surface area contributed by atoms with Crippen LogP contribution < -0.4 is 0 Å². The van der Waals surface area contributed by atoms with Crippen LogP contribution in [0.3, 0.4) is 0 Å². The van der Waals surface area contributed by atoms with Gasteiger partial charge in [-0.25, -0.2) is 0 Å². The second-order valence-corrected chi connectivity index (χ2v) is 9.18. The third kappa shape index (κ3) is 19.5. The Kier molecular flexibility index (Phi) is 16.9. The summed E-state index contributed by atoms with van der Waals surface area (Å²) >= 11 is 0. The Morgan fingerprint density at radius 2 is 0.900 bits per heavy atom. The Balaban J connectivity index is 4.12. The second-order valence-electron chi connectivity index (χ2n) is 9.18. The Bertz CT molecular complexity index is 676. The van der Waals surface area contributed by atoms with E-state index in [9.17, 15) is 0 Å². The van der Waals surface area contributed by atoms with E-state index in [-0.39, 0.29) is 0 Å². The second kappa shape index (κ2) is 18.0. The van der Waals surface area contributed by atoms with Gasteiger partial charge in [-0.2, -0.15) is 0 Å². The van der Waals surface area contributed by atoms with E-state index in [0.717, 1.165) is 25.7 Å². The summed E-state index contributed by atoms with van der Waals surface area (Å²) in [6, 6.07) is 0. The van der Waals surface area contributed by atoms with Crippen LogP contribution in [-0.2, 0) is 0 Å². The highest BCUT2D eigenvalue weighted by molar-refractivity contribution is 5.21. The van der Waals surface area contributed by atoms with Gasteiger partial charge in [0.05, 0.1) is 0 Å². The molecule has 0 aromatic rings. The molecule has 0 amide bonds. The maximum Gasteiger partial charge on any atom is -0.0288 e. The molecule has 0 aliphatic heterocycles. The summed E-state index contributed by atoms with van der Waals surface area (Å²) in [7, 11) is 0. The molecule has 30 heavy (non-hydrogen) atoms. The number of hydrogen-bond donors (Lipinski definition) is 0. The highest BCUT2D eigenvalue weighted by Crippen LogP contribution is 2.13. The molecule has 0 spiro atoms.